The summed E-state index contributed by atoms with van der Waals surface area (Å²) in [6, 6.07) is 17.3. The Morgan fingerprint density at radius 2 is 1.78 bits per heavy atom. The van der Waals surface area contributed by atoms with Crippen molar-refractivity contribution in [3.63, 3.8) is 0 Å². The molecule has 1 unspecified atom stereocenters. The van der Waals surface area contributed by atoms with Gasteiger partial charge in [-0.2, -0.15) is 0 Å². The highest BCUT2D eigenvalue weighted by Gasteiger charge is 2.47. The van der Waals surface area contributed by atoms with E-state index in [0.29, 0.717) is 17.0 Å². The number of rotatable bonds is 4. The third-order valence-corrected chi connectivity index (χ3v) is 4.41. The van der Waals surface area contributed by atoms with Gasteiger partial charge in [-0.3, -0.25) is 0 Å². The molecule has 0 N–H and O–H groups in total. The third kappa shape index (κ3) is 2.60. The number of carbonyl (C=O) groups excluding carboxylic acids is 1. The smallest absolute Gasteiger partial charge is 0.335 e. The van der Waals surface area contributed by atoms with Gasteiger partial charge in [0.15, 0.2) is 5.60 Å². The molecule has 1 heterocycles. The van der Waals surface area contributed by atoms with Gasteiger partial charge in [0.2, 0.25) is 0 Å². The van der Waals surface area contributed by atoms with Crippen molar-refractivity contribution < 1.29 is 9.53 Å². The molecule has 1 atom stereocenters. The van der Waals surface area contributed by atoms with Gasteiger partial charge in [0, 0.05) is 28.2 Å². The Hall–Kier alpha value is -2.32. The highest BCUT2D eigenvalue weighted by molar-refractivity contribution is 6.30. The molecule has 23 heavy (non-hydrogen) atoms. The van der Waals surface area contributed by atoms with Gasteiger partial charge in [-0.05, 0) is 24.6 Å². The second kappa shape index (κ2) is 6.05. The maximum Gasteiger partial charge on any atom is 0.335 e. The van der Waals surface area contributed by atoms with Gasteiger partial charge in [-0.1, -0.05) is 60.1 Å². The molecule has 116 valence electrons. The van der Waals surface area contributed by atoms with Crippen LogP contribution < -0.4 is 0 Å². The van der Waals surface area contributed by atoms with Crippen molar-refractivity contribution in [1.29, 1.82) is 0 Å². The Kier molecular flexibility index (Phi) is 4.10. The summed E-state index contributed by atoms with van der Waals surface area (Å²) in [5.41, 5.74) is 2.55. The van der Waals surface area contributed by atoms with E-state index in [1.807, 2.05) is 61.5 Å². The fraction of sp³-hybridized carbons (Fsp3) is 0.150. The molecule has 0 radical (unpaired) electrons. The van der Waals surface area contributed by atoms with E-state index in [4.69, 9.17) is 16.3 Å². The lowest BCUT2D eigenvalue weighted by Gasteiger charge is -2.31. The molecule has 1 aliphatic heterocycles. The van der Waals surface area contributed by atoms with Crippen molar-refractivity contribution >= 4 is 23.1 Å². The Morgan fingerprint density at radius 1 is 1.13 bits per heavy atom. The van der Waals surface area contributed by atoms with Crippen LogP contribution in [0.2, 0.25) is 5.02 Å². The van der Waals surface area contributed by atoms with Gasteiger partial charge in [-0.15, -0.1) is 6.58 Å². The van der Waals surface area contributed by atoms with E-state index in [9.17, 15) is 4.79 Å². The summed E-state index contributed by atoms with van der Waals surface area (Å²) in [7, 11) is 0. The molecular formula is C20H17ClO2. The van der Waals surface area contributed by atoms with Crippen molar-refractivity contribution in [3.05, 3.63) is 89.0 Å². The summed E-state index contributed by atoms with van der Waals surface area (Å²) in [5.74, 6) is -0.291. The molecular weight excluding hydrogens is 308 g/mol. The fourth-order valence-corrected chi connectivity index (χ4v) is 3.26. The Balaban J connectivity index is 2.24. The van der Waals surface area contributed by atoms with Crippen LogP contribution >= 0.6 is 11.6 Å². The van der Waals surface area contributed by atoms with E-state index in [-0.39, 0.29) is 5.97 Å². The van der Waals surface area contributed by atoms with Gasteiger partial charge in [0.1, 0.15) is 0 Å². The average molecular weight is 325 g/mol. The lowest BCUT2D eigenvalue weighted by molar-refractivity contribution is -0.146. The van der Waals surface area contributed by atoms with Crippen LogP contribution in [0.3, 0.4) is 0 Å². The SMILES string of the molecule is C=CCC1(c2ccc(Cl)cc2)OC(=O)C(C)=C1c1ccccc1. The number of hydrogen-bond donors (Lipinski definition) is 0. The highest BCUT2D eigenvalue weighted by Crippen LogP contribution is 2.49. The largest absolute Gasteiger partial charge is 0.445 e. The zero-order valence-corrected chi connectivity index (χ0v) is 13.6. The van der Waals surface area contributed by atoms with Crippen molar-refractivity contribution in [2.45, 2.75) is 18.9 Å². The molecule has 3 heteroatoms. The number of carbonyl (C=O) groups is 1. The molecule has 0 aromatic heterocycles. The summed E-state index contributed by atoms with van der Waals surface area (Å²) in [6.45, 7) is 5.66. The molecule has 0 fully saturated rings. The quantitative estimate of drug-likeness (QED) is 0.575. The van der Waals surface area contributed by atoms with Crippen LogP contribution in [0, 0.1) is 0 Å². The van der Waals surface area contributed by atoms with E-state index in [0.717, 1.165) is 16.7 Å². The summed E-state index contributed by atoms with van der Waals surface area (Å²) < 4.78 is 5.87. The van der Waals surface area contributed by atoms with Gasteiger partial charge < -0.3 is 4.74 Å². The lowest BCUT2D eigenvalue weighted by Crippen LogP contribution is -2.28. The van der Waals surface area contributed by atoms with Crippen LogP contribution in [0.15, 0.2) is 72.8 Å². The molecule has 3 rings (SSSR count). The van der Waals surface area contributed by atoms with Crippen LogP contribution in [0.25, 0.3) is 5.57 Å². The van der Waals surface area contributed by atoms with Gasteiger partial charge in [0.05, 0.1) is 0 Å². The second-order valence-corrected chi connectivity index (χ2v) is 6.02. The van der Waals surface area contributed by atoms with Crippen molar-refractivity contribution in [2.24, 2.45) is 0 Å². The third-order valence-electron chi connectivity index (χ3n) is 4.16. The van der Waals surface area contributed by atoms with Gasteiger partial charge in [0.25, 0.3) is 0 Å². The van der Waals surface area contributed by atoms with Crippen molar-refractivity contribution in [2.75, 3.05) is 0 Å². The normalized spacial score (nSPS) is 20.5. The molecule has 0 bridgehead atoms. The van der Waals surface area contributed by atoms with E-state index < -0.39 is 5.60 Å². The highest BCUT2D eigenvalue weighted by atomic mass is 35.5. The first-order valence-electron chi connectivity index (χ1n) is 7.45. The molecule has 0 amide bonds. The number of halogens is 1. The van der Waals surface area contributed by atoms with Crippen LogP contribution in [0.5, 0.6) is 0 Å². The molecule has 2 aromatic rings. The first-order chi connectivity index (χ1) is 11.1. The van der Waals surface area contributed by atoms with Gasteiger partial charge in [-0.25, -0.2) is 4.79 Å². The van der Waals surface area contributed by atoms with E-state index in [2.05, 4.69) is 6.58 Å². The maximum atomic E-state index is 12.3. The minimum absolute atomic E-state index is 0.291. The summed E-state index contributed by atoms with van der Waals surface area (Å²) >= 11 is 6.01. The van der Waals surface area contributed by atoms with Crippen LogP contribution in [-0.4, -0.2) is 5.97 Å². The molecule has 0 spiro atoms. The van der Waals surface area contributed by atoms with Crippen LogP contribution in [0.1, 0.15) is 24.5 Å². The monoisotopic (exact) mass is 324 g/mol. The zero-order valence-electron chi connectivity index (χ0n) is 12.9. The zero-order chi connectivity index (χ0) is 16.4. The number of hydrogen-bond acceptors (Lipinski definition) is 2. The number of cyclic esters (lactones) is 1. The summed E-state index contributed by atoms with van der Waals surface area (Å²) in [6.07, 6.45) is 2.28. The maximum absolute atomic E-state index is 12.3. The summed E-state index contributed by atoms with van der Waals surface area (Å²) in [4.78, 5) is 12.3. The Morgan fingerprint density at radius 3 is 2.39 bits per heavy atom. The van der Waals surface area contributed by atoms with Crippen molar-refractivity contribution in [3.8, 4) is 0 Å². The van der Waals surface area contributed by atoms with Gasteiger partial charge >= 0.3 is 5.97 Å². The fourth-order valence-electron chi connectivity index (χ4n) is 3.13. The summed E-state index contributed by atoms with van der Waals surface area (Å²) in [5, 5.41) is 0.647. The number of ether oxygens (including phenoxy) is 1. The molecule has 2 aromatic carbocycles. The molecule has 1 aliphatic rings. The average Bonchev–Trinajstić information content (AvgIpc) is 2.81. The minimum atomic E-state index is -0.852. The van der Waals surface area contributed by atoms with Crippen LogP contribution in [-0.2, 0) is 15.1 Å². The van der Waals surface area contributed by atoms with Crippen molar-refractivity contribution in [1.82, 2.24) is 0 Å². The molecule has 2 nitrogen and oxygen atoms in total. The second-order valence-electron chi connectivity index (χ2n) is 5.58. The molecule has 0 aliphatic carbocycles. The van der Waals surface area contributed by atoms with E-state index >= 15 is 0 Å². The predicted octanol–water partition coefficient (Wildman–Crippen LogP) is 5.14. The molecule has 0 saturated carbocycles. The first-order valence-corrected chi connectivity index (χ1v) is 7.83. The lowest BCUT2D eigenvalue weighted by atomic mass is 9.79. The first kappa shape index (κ1) is 15.6. The number of benzene rings is 2. The van der Waals surface area contributed by atoms with Crippen LogP contribution in [0.4, 0.5) is 0 Å². The number of esters is 1. The topological polar surface area (TPSA) is 26.3 Å². The Labute approximate surface area is 141 Å². The standard InChI is InChI=1S/C20H17ClO2/c1-3-13-20(16-9-11-17(21)12-10-16)18(14(2)19(22)23-20)15-7-5-4-6-8-15/h3-12H,1,13H2,2H3. The van der Waals surface area contributed by atoms with E-state index in [1.165, 1.54) is 0 Å². The Bertz CT molecular complexity index is 775. The molecule has 0 saturated heterocycles. The van der Waals surface area contributed by atoms with E-state index in [1.54, 1.807) is 6.08 Å². The minimum Gasteiger partial charge on any atom is -0.445 e. The predicted molar refractivity (Wildman–Crippen MR) is 93.1 cm³/mol.